The highest BCUT2D eigenvalue weighted by atomic mass is 35.5. The van der Waals surface area contributed by atoms with Crippen molar-refractivity contribution in [1.82, 2.24) is 9.80 Å². The number of rotatable bonds is 9. The minimum absolute atomic E-state index is 0. The highest BCUT2D eigenvalue weighted by Crippen LogP contribution is 2.30. The molecule has 1 atom stereocenters. The molecule has 5 nitrogen and oxygen atoms in total. The fraction of sp³-hybridized carbons (Fsp3) is 0.348. The molecule has 0 unspecified atom stereocenters. The van der Waals surface area contributed by atoms with Crippen LogP contribution in [-0.2, 0) is 9.53 Å². The Bertz CT molecular complexity index is 795. The summed E-state index contributed by atoms with van der Waals surface area (Å²) in [5, 5.41) is 9.31. The van der Waals surface area contributed by atoms with Crippen molar-refractivity contribution < 1.29 is 14.6 Å². The maximum atomic E-state index is 10.4. The van der Waals surface area contributed by atoms with E-state index in [1.807, 2.05) is 30.4 Å². The molecule has 0 amide bonds. The standard InChI is InChI=1S/C23H27ClN2O3.2ClH/c24-21-10-8-20(9-11-21)23(19-6-2-1-3-7-19)26-15-13-25(14-16-26)12-4-5-17-29-18-22(27)28;;/h1-11,23H,12-18H2,(H,27,28);2*1H/b5-4+;;/t23-;;/m1../s1. The number of hydrogen-bond acceptors (Lipinski definition) is 4. The van der Waals surface area contributed by atoms with Crippen molar-refractivity contribution in [2.24, 2.45) is 0 Å². The number of carboxylic acids is 1. The monoisotopic (exact) mass is 486 g/mol. The third kappa shape index (κ3) is 8.81. The highest BCUT2D eigenvalue weighted by molar-refractivity contribution is 6.30. The number of nitrogens with zero attached hydrogens (tertiary/aromatic N) is 2. The van der Waals surface area contributed by atoms with Crippen LogP contribution in [0.15, 0.2) is 66.7 Å². The van der Waals surface area contributed by atoms with Crippen LogP contribution in [0.1, 0.15) is 17.2 Å². The summed E-state index contributed by atoms with van der Waals surface area (Å²) in [6, 6.07) is 19.0. The quantitative estimate of drug-likeness (QED) is 0.415. The van der Waals surface area contributed by atoms with Crippen molar-refractivity contribution in [3.05, 3.63) is 82.9 Å². The minimum Gasteiger partial charge on any atom is -0.480 e. The SMILES string of the molecule is Cl.Cl.O=C(O)COC/C=C/CN1CCN([C@H](c2ccccc2)c2ccc(Cl)cc2)CC1. The second kappa shape index (κ2) is 14.5. The van der Waals surface area contributed by atoms with Crippen LogP contribution in [-0.4, -0.2) is 66.8 Å². The molecule has 2 aromatic rings. The summed E-state index contributed by atoms with van der Waals surface area (Å²) >= 11 is 6.10. The number of ether oxygens (including phenoxy) is 1. The molecule has 0 aliphatic carbocycles. The van der Waals surface area contributed by atoms with Crippen LogP contribution in [0, 0.1) is 0 Å². The summed E-state index contributed by atoms with van der Waals surface area (Å²) in [7, 11) is 0. The number of benzene rings is 2. The van der Waals surface area contributed by atoms with Gasteiger partial charge in [-0.2, -0.15) is 0 Å². The molecule has 0 aromatic heterocycles. The lowest BCUT2D eigenvalue weighted by molar-refractivity contribution is -0.141. The summed E-state index contributed by atoms with van der Waals surface area (Å²) in [6.07, 6.45) is 3.93. The van der Waals surface area contributed by atoms with Gasteiger partial charge in [0.05, 0.1) is 12.6 Å². The van der Waals surface area contributed by atoms with E-state index >= 15 is 0 Å². The average molecular weight is 488 g/mol. The van der Waals surface area contributed by atoms with Crippen LogP contribution in [0.2, 0.25) is 5.02 Å². The molecule has 2 aromatic carbocycles. The Labute approximate surface area is 201 Å². The number of piperazine rings is 1. The summed E-state index contributed by atoms with van der Waals surface area (Å²) < 4.78 is 5.02. The van der Waals surface area contributed by atoms with Gasteiger partial charge in [-0.3, -0.25) is 9.80 Å². The van der Waals surface area contributed by atoms with Crippen LogP contribution in [0.3, 0.4) is 0 Å². The average Bonchev–Trinajstić information content (AvgIpc) is 2.74. The predicted molar refractivity (Wildman–Crippen MR) is 130 cm³/mol. The van der Waals surface area contributed by atoms with Gasteiger partial charge in [0.25, 0.3) is 0 Å². The van der Waals surface area contributed by atoms with E-state index in [1.54, 1.807) is 0 Å². The summed E-state index contributed by atoms with van der Waals surface area (Å²) in [5.41, 5.74) is 2.54. The van der Waals surface area contributed by atoms with E-state index in [1.165, 1.54) is 11.1 Å². The third-order valence-corrected chi connectivity index (χ3v) is 5.29. The highest BCUT2D eigenvalue weighted by Gasteiger charge is 2.25. The molecule has 0 spiro atoms. The van der Waals surface area contributed by atoms with Crippen molar-refractivity contribution >= 4 is 42.4 Å². The van der Waals surface area contributed by atoms with Crippen molar-refractivity contribution in [2.45, 2.75) is 6.04 Å². The lowest BCUT2D eigenvalue weighted by Gasteiger charge is -2.39. The first kappa shape index (κ1) is 27.4. The van der Waals surface area contributed by atoms with Crippen molar-refractivity contribution in [3.63, 3.8) is 0 Å². The molecule has 8 heteroatoms. The first-order valence-corrected chi connectivity index (χ1v) is 10.2. The lowest BCUT2D eigenvalue weighted by Crippen LogP contribution is -2.47. The number of halogens is 3. The Kier molecular flexibility index (Phi) is 12.8. The van der Waals surface area contributed by atoms with E-state index in [4.69, 9.17) is 21.4 Å². The summed E-state index contributed by atoms with van der Waals surface area (Å²) in [5.74, 6) is -0.942. The van der Waals surface area contributed by atoms with Gasteiger partial charge in [-0.25, -0.2) is 4.79 Å². The van der Waals surface area contributed by atoms with Crippen LogP contribution < -0.4 is 0 Å². The molecular weight excluding hydrogens is 459 g/mol. The Morgan fingerprint density at radius 2 is 1.58 bits per heavy atom. The fourth-order valence-electron chi connectivity index (χ4n) is 3.60. The molecular formula is C23H29Cl3N2O3. The Balaban J connectivity index is 0.00000240. The van der Waals surface area contributed by atoms with Gasteiger partial charge in [-0.1, -0.05) is 66.2 Å². The summed E-state index contributed by atoms with van der Waals surface area (Å²) in [6.45, 7) is 4.85. The zero-order chi connectivity index (χ0) is 20.5. The zero-order valence-corrected chi connectivity index (χ0v) is 19.6. The Morgan fingerprint density at radius 3 is 2.19 bits per heavy atom. The third-order valence-electron chi connectivity index (χ3n) is 5.04. The first-order valence-electron chi connectivity index (χ1n) is 9.85. The van der Waals surface area contributed by atoms with E-state index in [9.17, 15) is 4.79 Å². The van der Waals surface area contributed by atoms with Gasteiger partial charge in [-0.15, -0.1) is 24.8 Å². The molecule has 1 heterocycles. The molecule has 1 saturated heterocycles. The zero-order valence-electron chi connectivity index (χ0n) is 17.2. The van der Waals surface area contributed by atoms with E-state index in [2.05, 4.69) is 46.2 Å². The minimum atomic E-state index is -0.942. The van der Waals surface area contributed by atoms with E-state index in [-0.39, 0.29) is 37.5 Å². The normalized spacial score (nSPS) is 15.8. The van der Waals surface area contributed by atoms with Gasteiger partial charge < -0.3 is 9.84 Å². The van der Waals surface area contributed by atoms with Gasteiger partial charge in [0.2, 0.25) is 0 Å². The molecule has 31 heavy (non-hydrogen) atoms. The van der Waals surface area contributed by atoms with Gasteiger partial charge in [-0.05, 0) is 23.3 Å². The molecule has 0 radical (unpaired) electrons. The first-order chi connectivity index (χ1) is 14.1. The number of carboxylic acid groups (broad SMARTS) is 1. The number of carbonyl (C=O) groups is 1. The molecule has 0 bridgehead atoms. The van der Waals surface area contributed by atoms with Crippen molar-refractivity contribution in [3.8, 4) is 0 Å². The smallest absolute Gasteiger partial charge is 0.329 e. The van der Waals surface area contributed by atoms with E-state index in [0.29, 0.717) is 6.61 Å². The topological polar surface area (TPSA) is 53.0 Å². The number of hydrogen-bond donors (Lipinski definition) is 1. The lowest BCUT2D eigenvalue weighted by atomic mass is 9.96. The van der Waals surface area contributed by atoms with Gasteiger partial charge in [0.15, 0.2) is 0 Å². The second-order valence-corrected chi connectivity index (χ2v) is 7.52. The molecule has 170 valence electrons. The van der Waals surface area contributed by atoms with E-state index in [0.717, 1.165) is 37.7 Å². The van der Waals surface area contributed by atoms with Crippen molar-refractivity contribution in [1.29, 1.82) is 0 Å². The molecule has 1 aliphatic heterocycles. The van der Waals surface area contributed by atoms with Gasteiger partial charge in [0.1, 0.15) is 6.61 Å². The van der Waals surface area contributed by atoms with E-state index < -0.39 is 5.97 Å². The van der Waals surface area contributed by atoms with Crippen LogP contribution >= 0.6 is 36.4 Å². The van der Waals surface area contributed by atoms with Crippen LogP contribution in [0.25, 0.3) is 0 Å². The van der Waals surface area contributed by atoms with Crippen LogP contribution in [0.4, 0.5) is 0 Å². The maximum Gasteiger partial charge on any atom is 0.329 e. The molecule has 1 N–H and O–H groups in total. The van der Waals surface area contributed by atoms with Crippen molar-refractivity contribution in [2.75, 3.05) is 45.9 Å². The number of aliphatic carboxylic acids is 1. The Morgan fingerprint density at radius 1 is 0.968 bits per heavy atom. The Hall–Kier alpha value is -1.60. The fourth-order valence-corrected chi connectivity index (χ4v) is 3.73. The molecule has 3 rings (SSSR count). The molecule has 0 saturated carbocycles. The van der Waals surface area contributed by atoms with Gasteiger partial charge >= 0.3 is 5.97 Å². The molecule has 1 fully saturated rings. The second-order valence-electron chi connectivity index (χ2n) is 7.08. The van der Waals surface area contributed by atoms with Crippen LogP contribution in [0.5, 0.6) is 0 Å². The maximum absolute atomic E-state index is 10.4. The predicted octanol–water partition coefficient (Wildman–Crippen LogP) is 4.55. The molecule has 1 aliphatic rings. The summed E-state index contributed by atoms with van der Waals surface area (Å²) in [4.78, 5) is 15.3. The largest absolute Gasteiger partial charge is 0.480 e. The van der Waals surface area contributed by atoms with Gasteiger partial charge in [0, 0.05) is 37.7 Å².